The fourth-order valence-corrected chi connectivity index (χ4v) is 4.77. The summed E-state index contributed by atoms with van der Waals surface area (Å²) in [4.78, 5) is 44.1. The van der Waals surface area contributed by atoms with Crippen LogP contribution in [-0.2, 0) is 20.9 Å². The third-order valence-electron chi connectivity index (χ3n) is 5.55. The number of amides is 3. The van der Waals surface area contributed by atoms with Crippen molar-refractivity contribution in [3.05, 3.63) is 41.0 Å². The molecule has 0 unspecified atom stereocenters. The maximum Gasteiger partial charge on any atom is 0.245 e. The maximum absolute atomic E-state index is 13.0. The van der Waals surface area contributed by atoms with E-state index in [0.717, 1.165) is 21.7 Å². The van der Waals surface area contributed by atoms with Crippen LogP contribution in [0.15, 0.2) is 29.8 Å². The van der Waals surface area contributed by atoms with Gasteiger partial charge in [0.25, 0.3) is 0 Å². The first kappa shape index (κ1) is 23.9. The highest BCUT2D eigenvalue weighted by Crippen LogP contribution is 2.27. The molecular weight excluding hydrogens is 428 g/mol. The molecule has 2 aromatic rings. The molecule has 1 fully saturated rings. The van der Waals surface area contributed by atoms with Gasteiger partial charge >= 0.3 is 0 Å². The molecule has 1 aliphatic rings. The van der Waals surface area contributed by atoms with E-state index >= 15 is 0 Å². The van der Waals surface area contributed by atoms with E-state index < -0.39 is 18.2 Å². The summed E-state index contributed by atoms with van der Waals surface area (Å²) < 4.78 is 0. The standard InChI is InChI=1S/C23H30N4O4S/c1-4-5-19(26-15(3)28)23(31)27-12-18(29)10-20(27)22(30)24-11-16-6-8-17(9-7-16)21-14(2)25-13-32-21/h6-9,13,18-20,29H,4-5,10-12H2,1-3H3,(H,24,30)(H,26,28)/t18-,19+,20+/m1/s1. The van der Waals surface area contributed by atoms with Gasteiger partial charge in [0, 0.05) is 26.4 Å². The summed E-state index contributed by atoms with van der Waals surface area (Å²) in [7, 11) is 0. The van der Waals surface area contributed by atoms with Gasteiger partial charge in [0.1, 0.15) is 12.1 Å². The van der Waals surface area contributed by atoms with E-state index in [0.29, 0.717) is 19.4 Å². The zero-order valence-corrected chi connectivity index (χ0v) is 19.4. The number of hydrogen-bond donors (Lipinski definition) is 3. The molecule has 0 bridgehead atoms. The van der Waals surface area contributed by atoms with Gasteiger partial charge in [-0.25, -0.2) is 4.98 Å². The van der Waals surface area contributed by atoms with Crippen LogP contribution in [-0.4, -0.2) is 57.4 Å². The number of aryl methyl sites for hydroxylation is 1. The summed E-state index contributed by atoms with van der Waals surface area (Å²) >= 11 is 1.59. The Labute approximate surface area is 192 Å². The smallest absolute Gasteiger partial charge is 0.245 e. The fourth-order valence-electron chi connectivity index (χ4n) is 3.96. The Hall–Kier alpha value is -2.78. The Morgan fingerprint density at radius 3 is 2.59 bits per heavy atom. The minimum Gasteiger partial charge on any atom is -0.391 e. The van der Waals surface area contributed by atoms with E-state index in [9.17, 15) is 19.5 Å². The molecule has 3 N–H and O–H groups in total. The Morgan fingerprint density at radius 2 is 2.00 bits per heavy atom. The lowest BCUT2D eigenvalue weighted by Crippen LogP contribution is -2.53. The average molecular weight is 459 g/mol. The number of aliphatic hydroxyl groups excluding tert-OH is 1. The highest BCUT2D eigenvalue weighted by Gasteiger charge is 2.41. The highest BCUT2D eigenvalue weighted by molar-refractivity contribution is 7.13. The number of nitrogens with one attached hydrogen (secondary N) is 2. The fraction of sp³-hybridized carbons (Fsp3) is 0.478. The number of carbonyl (C=O) groups is 3. The number of thiazole rings is 1. The molecule has 32 heavy (non-hydrogen) atoms. The number of hydrogen-bond acceptors (Lipinski definition) is 6. The molecule has 3 atom stereocenters. The van der Waals surface area contributed by atoms with E-state index in [-0.39, 0.29) is 30.7 Å². The Kier molecular flexibility index (Phi) is 7.98. The molecule has 3 amide bonds. The molecule has 3 rings (SSSR count). The third kappa shape index (κ3) is 5.72. The van der Waals surface area contributed by atoms with E-state index in [1.54, 1.807) is 11.3 Å². The summed E-state index contributed by atoms with van der Waals surface area (Å²) in [6, 6.07) is 6.45. The number of aromatic nitrogens is 1. The minimum absolute atomic E-state index is 0.0830. The van der Waals surface area contributed by atoms with Gasteiger partial charge in [-0.2, -0.15) is 0 Å². The van der Waals surface area contributed by atoms with E-state index in [1.807, 2.05) is 43.6 Å². The summed E-state index contributed by atoms with van der Waals surface area (Å²) in [5, 5.41) is 15.7. The molecule has 1 saturated heterocycles. The molecule has 1 aromatic carbocycles. The quantitative estimate of drug-likeness (QED) is 0.560. The van der Waals surface area contributed by atoms with Crippen molar-refractivity contribution in [2.45, 2.75) is 64.8 Å². The number of aliphatic hydroxyl groups is 1. The molecule has 0 aliphatic carbocycles. The number of likely N-dealkylation sites (tertiary alicyclic amines) is 1. The highest BCUT2D eigenvalue weighted by atomic mass is 32.1. The number of benzene rings is 1. The van der Waals surface area contributed by atoms with Crippen LogP contribution >= 0.6 is 11.3 Å². The van der Waals surface area contributed by atoms with Crippen molar-refractivity contribution in [2.75, 3.05) is 6.54 Å². The van der Waals surface area contributed by atoms with Gasteiger partial charge in [0.2, 0.25) is 17.7 Å². The Morgan fingerprint density at radius 1 is 1.28 bits per heavy atom. The van der Waals surface area contributed by atoms with Crippen LogP contribution in [0.25, 0.3) is 10.4 Å². The van der Waals surface area contributed by atoms with Crippen LogP contribution < -0.4 is 10.6 Å². The van der Waals surface area contributed by atoms with Gasteiger partial charge in [-0.05, 0) is 24.5 Å². The van der Waals surface area contributed by atoms with Crippen LogP contribution in [0.2, 0.25) is 0 Å². The number of β-amino-alcohol motifs (C(OH)–C–C–N with tert-alkyl or cyclic N) is 1. The van der Waals surface area contributed by atoms with Crippen molar-refractivity contribution in [3.8, 4) is 10.4 Å². The van der Waals surface area contributed by atoms with E-state index in [2.05, 4.69) is 15.6 Å². The van der Waals surface area contributed by atoms with Crippen LogP contribution in [0, 0.1) is 6.92 Å². The average Bonchev–Trinajstić information content (AvgIpc) is 3.36. The Bertz CT molecular complexity index is 959. The van der Waals surface area contributed by atoms with Crippen molar-refractivity contribution >= 4 is 29.1 Å². The van der Waals surface area contributed by atoms with E-state index in [1.165, 1.54) is 11.8 Å². The van der Waals surface area contributed by atoms with Crippen molar-refractivity contribution in [1.82, 2.24) is 20.5 Å². The zero-order valence-electron chi connectivity index (χ0n) is 18.6. The van der Waals surface area contributed by atoms with Gasteiger partial charge in [-0.3, -0.25) is 14.4 Å². The van der Waals surface area contributed by atoms with Crippen LogP contribution in [0.5, 0.6) is 0 Å². The van der Waals surface area contributed by atoms with Crippen LogP contribution in [0.3, 0.4) is 0 Å². The molecule has 0 spiro atoms. The SMILES string of the molecule is CCC[C@H](NC(C)=O)C(=O)N1C[C@H](O)C[C@H]1C(=O)NCc1ccc(-c2scnc2C)cc1. The second-order valence-corrected chi connectivity index (χ2v) is 8.97. The first-order valence-electron chi connectivity index (χ1n) is 10.8. The first-order valence-corrected chi connectivity index (χ1v) is 11.7. The van der Waals surface area contributed by atoms with E-state index in [4.69, 9.17) is 0 Å². The van der Waals surface area contributed by atoms with Crippen LogP contribution in [0.4, 0.5) is 0 Å². The molecule has 0 radical (unpaired) electrons. The summed E-state index contributed by atoms with van der Waals surface area (Å²) in [6.45, 7) is 5.66. The Balaban J connectivity index is 1.63. The number of nitrogens with zero attached hydrogens (tertiary/aromatic N) is 2. The maximum atomic E-state index is 13.0. The lowest BCUT2D eigenvalue weighted by molar-refractivity contribution is -0.141. The van der Waals surface area contributed by atoms with Gasteiger partial charge < -0.3 is 20.6 Å². The molecule has 8 nitrogen and oxygen atoms in total. The number of rotatable bonds is 8. The van der Waals surface area contributed by atoms with Crippen LogP contribution in [0.1, 0.15) is 44.4 Å². The first-order chi connectivity index (χ1) is 15.3. The predicted octanol–water partition coefficient (Wildman–Crippen LogP) is 2.00. The van der Waals surface area contributed by atoms with Gasteiger partial charge in [-0.15, -0.1) is 11.3 Å². The molecule has 1 aromatic heterocycles. The second kappa shape index (κ2) is 10.7. The number of carbonyl (C=O) groups excluding carboxylic acids is 3. The van der Waals surface area contributed by atoms with Gasteiger partial charge in [0.15, 0.2) is 0 Å². The largest absolute Gasteiger partial charge is 0.391 e. The van der Waals surface area contributed by atoms with Gasteiger partial charge in [-0.1, -0.05) is 37.6 Å². The molecule has 172 valence electrons. The van der Waals surface area contributed by atoms with Crippen molar-refractivity contribution < 1.29 is 19.5 Å². The second-order valence-electron chi connectivity index (χ2n) is 8.12. The molecule has 9 heteroatoms. The summed E-state index contributed by atoms with van der Waals surface area (Å²) in [6.07, 6.45) is 0.600. The third-order valence-corrected chi connectivity index (χ3v) is 6.52. The van der Waals surface area contributed by atoms with Gasteiger partial charge in [0.05, 0.1) is 22.2 Å². The minimum atomic E-state index is -0.767. The van der Waals surface area contributed by atoms with Crippen molar-refractivity contribution in [3.63, 3.8) is 0 Å². The molecule has 1 aliphatic heterocycles. The monoisotopic (exact) mass is 458 g/mol. The lowest BCUT2D eigenvalue weighted by Gasteiger charge is -2.28. The summed E-state index contributed by atoms with van der Waals surface area (Å²) in [5.74, 6) is -0.937. The predicted molar refractivity (Wildman–Crippen MR) is 123 cm³/mol. The topological polar surface area (TPSA) is 112 Å². The lowest BCUT2D eigenvalue weighted by atomic mass is 10.1. The molecule has 0 saturated carbocycles. The zero-order chi connectivity index (χ0) is 23.3. The van der Waals surface area contributed by atoms with Crippen molar-refractivity contribution in [2.24, 2.45) is 0 Å². The van der Waals surface area contributed by atoms with Crippen molar-refractivity contribution in [1.29, 1.82) is 0 Å². The normalized spacial score (nSPS) is 18.9. The summed E-state index contributed by atoms with van der Waals surface area (Å²) in [5.41, 5.74) is 4.82. The molecular formula is C23H30N4O4S. The molecule has 2 heterocycles.